The molecule has 1 saturated heterocycles. The highest BCUT2D eigenvalue weighted by molar-refractivity contribution is 5.82. The van der Waals surface area contributed by atoms with E-state index in [1.807, 2.05) is 30.3 Å². The largest absolute Gasteiger partial charge is 0.288 e. The van der Waals surface area contributed by atoms with E-state index in [1.54, 1.807) is 7.05 Å². The molecule has 1 aromatic rings. The van der Waals surface area contributed by atoms with E-state index < -0.39 is 0 Å². The summed E-state index contributed by atoms with van der Waals surface area (Å²) in [6.07, 6.45) is 2.39. The van der Waals surface area contributed by atoms with Crippen LogP contribution >= 0.6 is 0 Å². The van der Waals surface area contributed by atoms with Gasteiger partial charge in [-0.2, -0.15) is 0 Å². The van der Waals surface area contributed by atoms with E-state index in [0.29, 0.717) is 5.92 Å². The third-order valence-corrected chi connectivity index (χ3v) is 3.99. The van der Waals surface area contributed by atoms with E-state index in [0.717, 1.165) is 25.1 Å². The van der Waals surface area contributed by atoms with Crippen molar-refractivity contribution in [1.29, 1.82) is 0 Å². The predicted octanol–water partition coefficient (Wildman–Crippen LogP) is 2.48. The molecule has 2 rings (SSSR count). The number of amides is 1. The minimum Gasteiger partial charge on any atom is -0.288 e. The van der Waals surface area contributed by atoms with E-state index in [-0.39, 0.29) is 11.9 Å². The molecule has 20 heavy (non-hydrogen) atoms. The molecule has 0 N–H and O–H groups in total. The number of hydrogen-bond acceptors (Lipinski definition) is 3. The Morgan fingerprint density at radius 2 is 2.10 bits per heavy atom. The number of likely N-dealkylation sites (N-methyl/N-ethyl adjacent to an activating group) is 1. The summed E-state index contributed by atoms with van der Waals surface area (Å²) in [5, 5.41) is 1.33. The van der Waals surface area contributed by atoms with Crippen molar-refractivity contribution in [2.75, 3.05) is 27.2 Å². The van der Waals surface area contributed by atoms with Gasteiger partial charge in [0.1, 0.15) is 6.04 Å². The van der Waals surface area contributed by atoms with E-state index in [1.165, 1.54) is 18.6 Å². The van der Waals surface area contributed by atoms with Gasteiger partial charge >= 0.3 is 0 Å². The number of rotatable bonds is 4. The third-order valence-electron chi connectivity index (χ3n) is 3.99. The van der Waals surface area contributed by atoms with Gasteiger partial charge in [0.2, 0.25) is 0 Å². The lowest BCUT2D eigenvalue weighted by Gasteiger charge is -2.37. The van der Waals surface area contributed by atoms with Crippen LogP contribution in [-0.2, 0) is 9.63 Å². The summed E-state index contributed by atoms with van der Waals surface area (Å²) in [5.74, 6) is 0.628. The number of hydroxylamine groups is 2. The molecule has 1 aliphatic heterocycles. The van der Waals surface area contributed by atoms with Gasteiger partial charge in [-0.1, -0.05) is 37.3 Å². The van der Waals surface area contributed by atoms with Gasteiger partial charge in [-0.25, -0.2) is 5.06 Å². The molecule has 4 heteroatoms. The lowest BCUT2D eigenvalue weighted by Crippen LogP contribution is -2.45. The Balaban J connectivity index is 2.26. The Hall–Kier alpha value is -1.39. The summed E-state index contributed by atoms with van der Waals surface area (Å²) in [5.41, 5.74) is 1.04. The Morgan fingerprint density at radius 3 is 2.70 bits per heavy atom. The predicted molar refractivity (Wildman–Crippen MR) is 78.9 cm³/mol. The molecular weight excluding hydrogens is 252 g/mol. The lowest BCUT2D eigenvalue weighted by molar-refractivity contribution is -0.175. The first-order valence-electron chi connectivity index (χ1n) is 7.24. The average Bonchev–Trinajstić information content (AvgIpc) is 2.48. The Labute approximate surface area is 121 Å². The van der Waals surface area contributed by atoms with Crippen LogP contribution in [0.2, 0.25) is 0 Å². The quantitative estimate of drug-likeness (QED) is 0.792. The summed E-state index contributed by atoms with van der Waals surface area (Å²) in [6.45, 7) is 4.18. The SMILES string of the molecule is CON(C)C(=O)[C@H](c1ccccc1)N1CCC[C@H](C)C1. The van der Waals surface area contributed by atoms with Gasteiger partial charge in [0, 0.05) is 13.6 Å². The van der Waals surface area contributed by atoms with Crippen molar-refractivity contribution >= 4 is 5.91 Å². The highest BCUT2D eigenvalue weighted by Gasteiger charge is 2.32. The molecule has 0 bridgehead atoms. The van der Waals surface area contributed by atoms with Gasteiger partial charge in [0.15, 0.2) is 0 Å². The van der Waals surface area contributed by atoms with Gasteiger partial charge in [-0.05, 0) is 30.9 Å². The molecular formula is C16H24N2O2. The van der Waals surface area contributed by atoms with Gasteiger partial charge in [0.05, 0.1) is 7.11 Å². The molecule has 1 aliphatic rings. The van der Waals surface area contributed by atoms with Crippen molar-refractivity contribution < 1.29 is 9.63 Å². The minimum absolute atomic E-state index is 0.00667. The molecule has 0 radical (unpaired) electrons. The summed E-state index contributed by atoms with van der Waals surface area (Å²) >= 11 is 0. The number of benzene rings is 1. The Bertz CT molecular complexity index is 435. The fourth-order valence-electron chi connectivity index (χ4n) is 2.87. The van der Waals surface area contributed by atoms with Gasteiger partial charge < -0.3 is 0 Å². The highest BCUT2D eigenvalue weighted by atomic mass is 16.7. The molecule has 1 heterocycles. The average molecular weight is 276 g/mol. The monoisotopic (exact) mass is 276 g/mol. The highest BCUT2D eigenvalue weighted by Crippen LogP contribution is 2.28. The molecule has 4 nitrogen and oxygen atoms in total. The topological polar surface area (TPSA) is 32.8 Å². The molecule has 2 atom stereocenters. The molecule has 0 aliphatic carbocycles. The second kappa shape index (κ2) is 6.86. The Kier molecular flexibility index (Phi) is 5.15. The molecule has 0 spiro atoms. The van der Waals surface area contributed by atoms with Gasteiger partial charge in [-0.3, -0.25) is 14.5 Å². The molecule has 0 aromatic heterocycles. The van der Waals surface area contributed by atoms with Gasteiger partial charge in [0.25, 0.3) is 5.91 Å². The fraction of sp³-hybridized carbons (Fsp3) is 0.562. The maximum Gasteiger partial charge on any atom is 0.267 e. The van der Waals surface area contributed by atoms with E-state index in [4.69, 9.17) is 4.84 Å². The molecule has 0 saturated carbocycles. The number of likely N-dealkylation sites (tertiary alicyclic amines) is 1. The molecule has 1 fully saturated rings. The number of piperidine rings is 1. The summed E-state index contributed by atoms with van der Waals surface area (Å²) < 4.78 is 0. The van der Waals surface area contributed by atoms with Crippen molar-refractivity contribution in [3.05, 3.63) is 35.9 Å². The first kappa shape index (κ1) is 15.0. The summed E-state index contributed by atoms with van der Waals surface area (Å²) in [7, 11) is 3.20. The Morgan fingerprint density at radius 1 is 1.40 bits per heavy atom. The fourth-order valence-corrected chi connectivity index (χ4v) is 2.87. The lowest BCUT2D eigenvalue weighted by atomic mass is 9.96. The molecule has 1 amide bonds. The third kappa shape index (κ3) is 3.38. The number of carbonyl (C=O) groups is 1. The smallest absolute Gasteiger partial charge is 0.267 e. The van der Waals surface area contributed by atoms with Crippen molar-refractivity contribution in [3.8, 4) is 0 Å². The van der Waals surface area contributed by atoms with Crippen LogP contribution in [-0.4, -0.2) is 43.1 Å². The van der Waals surface area contributed by atoms with Crippen LogP contribution in [0.4, 0.5) is 0 Å². The summed E-state index contributed by atoms with van der Waals surface area (Å²) in [4.78, 5) is 20.0. The van der Waals surface area contributed by atoms with Crippen LogP contribution in [0, 0.1) is 5.92 Å². The van der Waals surface area contributed by atoms with Crippen molar-refractivity contribution in [2.24, 2.45) is 5.92 Å². The van der Waals surface area contributed by atoms with Crippen LogP contribution in [0.15, 0.2) is 30.3 Å². The van der Waals surface area contributed by atoms with Crippen LogP contribution < -0.4 is 0 Å². The standard InChI is InChI=1S/C16H24N2O2/c1-13-8-7-11-18(12-13)15(16(19)17(2)20-3)14-9-5-4-6-10-14/h4-6,9-10,13,15H,7-8,11-12H2,1-3H3/t13-,15-/m0/s1. The normalized spacial score (nSPS) is 21.4. The molecule has 1 aromatic carbocycles. The zero-order valence-corrected chi connectivity index (χ0v) is 12.6. The minimum atomic E-state index is -0.246. The van der Waals surface area contributed by atoms with Crippen molar-refractivity contribution in [2.45, 2.75) is 25.8 Å². The number of nitrogens with zero attached hydrogens (tertiary/aromatic N) is 2. The second-order valence-corrected chi connectivity index (χ2v) is 5.57. The van der Waals surface area contributed by atoms with E-state index in [2.05, 4.69) is 11.8 Å². The van der Waals surface area contributed by atoms with Crippen LogP contribution in [0.3, 0.4) is 0 Å². The van der Waals surface area contributed by atoms with Crippen LogP contribution in [0.25, 0.3) is 0 Å². The zero-order chi connectivity index (χ0) is 14.5. The number of hydrogen-bond donors (Lipinski definition) is 0. The van der Waals surface area contributed by atoms with Crippen molar-refractivity contribution in [3.63, 3.8) is 0 Å². The van der Waals surface area contributed by atoms with E-state index in [9.17, 15) is 4.79 Å². The maximum atomic E-state index is 12.6. The maximum absolute atomic E-state index is 12.6. The molecule has 110 valence electrons. The van der Waals surface area contributed by atoms with E-state index >= 15 is 0 Å². The first-order chi connectivity index (χ1) is 9.63. The number of carbonyl (C=O) groups excluding carboxylic acids is 1. The zero-order valence-electron chi connectivity index (χ0n) is 12.6. The van der Waals surface area contributed by atoms with Crippen LogP contribution in [0.1, 0.15) is 31.4 Å². The first-order valence-corrected chi connectivity index (χ1v) is 7.24. The van der Waals surface area contributed by atoms with Crippen LogP contribution in [0.5, 0.6) is 0 Å². The molecule has 0 unspecified atom stereocenters. The second-order valence-electron chi connectivity index (χ2n) is 5.57. The van der Waals surface area contributed by atoms with Crippen molar-refractivity contribution in [1.82, 2.24) is 9.96 Å². The summed E-state index contributed by atoms with van der Waals surface area (Å²) in [6, 6.07) is 9.73. The van der Waals surface area contributed by atoms with Gasteiger partial charge in [-0.15, -0.1) is 0 Å².